The van der Waals surface area contributed by atoms with Crippen LogP contribution in [0.2, 0.25) is 0 Å². The summed E-state index contributed by atoms with van der Waals surface area (Å²) in [5, 5.41) is 0.925. The summed E-state index contributed by atoms with van der Waals surface area (Å²) in [4.78, 5) is 30.0. The smallest absolute Gasteiger partial charge is 0.272 e. The second-order valence-corrected chi connectivity index (χ2v) is 7.42. The molecule has 0 saturated heterocycles. The highest BCUT2D eigenvalue weighted by atomic mass is 19.3. The molecule has 1 N–H and O–H groups in total. The van der Waals surface area contributed by atoms with Gasteiger partial charge in [0, 0.05) is 49.9 Å². The molecule has 3 heterocycles. The van der Waals surface area contributed by atoms with Crippen molar-refractivity contribution in [2.45, 2.75) is 12.8 Å². The summed E-state index contributed by atoms with van der Waals surface area (Å²) in [6.07, 6.45) is 1.05. The normalized spacial score (nSPS) is 11.2. The number of carbonyl (C=O) groups is 1. The molecule has 3 aromatic heterocycles. The van der Waals surface area contributed by atoms with Crippen LogP contribution in [0.5, 0.6) is 5.75 Å². The third-order valence-corrected chi connectivity index (χ3v) is 4.76. The number of hydrogen-bond acceptors (Lipinski definition) is 5. The predicted octanol–water partition coefficient (Wildman–Crippen LogP) is 3.96. The Kier molecular flexibility index (Phi) is 6.07. The second kappa shape index (κ2) is 9.09. The van der Waals surface area contributed by atoms with Crippen LogP contribution in [-0.4, -0.2) is 57.9 Å². The van der Waals surface area contributed by atoms with Crippen LogP contribution in [0.25, 0.3) is 22.3 Å². The number of amides is 1. The van der Waals surface area contributed by atoms with Gasteiger partial charge in [0.2, 0.25) is 0 Å². The van der Waals surface area contributed by atoms with Gasteiger partial charge in [0.1, 0.15) is 23.9 Å². The number of nitrogens with zero attached hydrogens (tertiary/aromatic N) is 4. The molecule has 4 rings (SSSR count). The first-order valence-corrected chi connectivity index (χ1v) is 9.91. The number of aromatic nitrogens is 4. The van der Waals surface area contributed by atoms with Gasteiger partial charge in [-0.15, -0.1) is 0 Å². The Balaban J connectivity index is 1.55. The van der Waals surface area contributed by atoms with Crippen LogP contribution >= 0.6 is 0 Å². The lowest BCUT2D eigenvalue weighted by Crippen LogP contribution is -2.21. The highest BCUT2D eigenvalue weighted by Crippen LogP contribution is 2.22. The average molecular weight is 437 g/mol. The van der Waals surface area contributed by atoms with Crippen LogP contribution in [0.1, 0.15) is 21.9 Å². The van der Waals surface area contributed by atoms with Gasteiger partial charge in [0.05, 0.1) is 11.4 Å². The van der Waals surface area contributed by atoms with Crippen molar-refractivity contribution in [3.8, 4) is 17.1 Å². The molecule has 164 valence electrons. The van der Waals surface area contributed by atoms with Crippen molar-refractivity contribution >= 4 is 16.8 Å². The summed E-state index contributed by atoms with van der Waals surface area (Å²) in [5.41, 5.74) is 3.46. The number of fused-ring (bicyclic) bond motifs is 1. The molecule has 32 heavy (non-hydrogen) atoms. The molecule has 0 atom stereocenters. The van der Waals surface area contributed by atoms with Crippen LogP contribution < -0.4 is 4.74 Å². The molecular weight excluding hydrogens is 416 g/mol. The number of hydrogen-bond donors (Lipinski definition) is 1. The quantitative estimate of drug-likeness (QED) is 0.473. The van der Waals surface area contributed by atoms with Crippen molar-refractivity contribution in [3.63, 3.8) is 0 Å². The zero-order valence-corrected chi connectivity index (χ0v) is 17.5. The largest absolute Gasteiger partial charge is 0.488 e. The van der Waals surface area contributed by atoms with E-state index in [-0.39, 0.29) is 5.91 Å². The first-order chi connectivity index (χ1) is 15.4. The lowest BCUT2D eigenvalue weighted by atomic mass is 10.1. The van der Waals surface area contributed by atoms with Gasteiger partial charge in [0.15, 0.2) is 0 Å². The van der Waals surface area contributed by atoms with Crippen LogP contribution in [-0.2, 0) is 6.42 Å². The molecule has 0 aliphatic rings. The fourth-order valence-corrected chi connectivity index (χ4v) is 3.26. The Labute approximate surface area is 183 Å². The molecule has 0 bridgehead atoms. The summed E-state index contributed by atoms with van der Waals surface area (Å²) in [6, 6.07) is 12.5. The highest BCUT2D eigenvalue weighted by Gasteiger charge is 2.12. The maximum Gasteiger partial charge on any atom is 0.272 e. The molecule has 0 fully saturated rings. The minimum absolute atomic E-state index is 0.0916. The van der Waals surface area contributed by atoms with Gasteiger partial charge in [-0.1, -0.05) is 6.07 Å². The van der Waals surface area contributed by atoms with Gasteiger partial charge in [0.25, 0.3) is 12.3 Å². The minimum atomic E-state index is -2.55. The molecule has 7 nitrogen and oxygen atoms in total. The number of carbonyl (C=O) groups excluding carboxylic acids is 1. The number of alkyl halides is 2. The van der Waals surface area contributed by atoms with E-state index in [1.165, 1.54) is 17.2 Å². The van der Waals surface area contributed by atoms with E-state index in [9.17, 15) is 13.6 Å². The van der Waals surface area contributed by atoms with Crippen LogP contribution in [0.3, 0.4) is 0 Å². The number of rotatable bonds is 7. The molecule has 0 radical (unpaired) electrons. The highest BCUT2D eigenvalue weighted by molar-refractivity contribution is 5.97. The Hall–Kier alpha value is -3.88. The summed E-state index contributed by atoms with van der Waals surface area (Å²) in [5.74, 6) is 0.796. The van der Waals surface area contributed by atoms with E-state index < -0.39 is 13.0 Å². The van der Waals surface area contributed by atoms with E-state index in [0.717, 1.165) is 16.5 Å². The molecule has 0 spiro atoms. The maximum absolute atomic E-state index is 12.4. The van der Waals surface area contributed by atoms with E-state index in [4.69, 9.17) is 4.74 Å². The number of nitrogens with one attached hydrogen (secondary N) is 1. The number of ether oxygens (including phenoxy) is 1. The van der Waals surface area contributed by atoms with Crippen molar-refractivity contribution in [3.05, 3.63) is 71.9 Å². The SMILES string of the molecule is CN(C)C(=O)c1cc2cc(Cc3nccc(-c4cc(OCC(F)F)ccn4)n3)ccc2[nH]1. The van der Waals surface area contributed by atoms with E-state index in [2.05, 4.69) is 19.9 Å². The Bertz CT molecular complexity index is 1260. The predicted molar refractivity (Wildman–Crippen MR) is 116 cm³/mol. The standard InChI is InChI=1S/C23H21F2N5O2/c1-30(2)23(31)20-11-15-9-14(3-4-17(15)28-20)10-22-27-8-6-18(29-22)19-12-16(5-7-26-19)32-13-21(24)25/h3-9,11-12,21,28H,10,13H2,1-2H3. The zero-order chi connectivity index (χ0) is 22.7. The molecule has 0 aliphatic carbocycles. The van der Waals surface area contributed by atoms with Gasteiger partial charge in [-0.05, 0) is 35.9 Å². The lowest BCUT2D eigenvalue weighted by Gasteiger charge is -2.07. The molecule has 0 aliphatic heterocycles. The summed E-state index contributed by atoms with van der Waals surface area (Å²) < 4.78 is 29.9. The molecule has 1 amide bonds. The van der Waals surface area contributed by atoms with Gasteiger partial charge in [-0.3, -0.25) is 9.78 Å². The Morgan fingerprint density at radius 3 is 2.66 bits per heavy atom. The fourth-order valence-electron chi connectivity index (χ4n) is 3.26. The van der Waals surface area contributed by atoms with Gasteiger partial charge in [-0.2, -0.15) is 0 Å². The second-order valence-electron chi connectivity index (χ2n) is 7.42. The first-order valence-electron chi connectivity index (χ1n) is 9.91. The number of pyridine rings is 1. The molecule has 1 aromatic carbocycles. The summed E-state index contributed by atoms with van der Waals surface area (Å²) >= 11 is 0. The zero-order valence-electron chi connectivity index (χ0n) is 17.5. The molecular formula is C23H21F2N5O2. The number of H-pyrrole nitrogens is 1. The fraction of sp³-hybridized carbons (Fsp3) is 0.217. The molecule has 0 saturated carbocycles. The van der Waals surface area contributed by atoms with Crippen molar-refractivity contribution in [1.29, 1.82) is 0 Å². The average Bonchev–Trinajstić information content (AvgIpc) is 3.21. The monoisotopic (exact) mass is 437 g/mol. The van der Waals surface area contributed by atoms with E-state index in [0.29, 0.717) is 35.1 Å². The van der Waals surface area contributed by atoms with Crippen molar-refractivity contribution < 1.29 is 18.3 Å². The first kappa shape index (κ1) is 21.4. The van der Waals surface area contributed by atoms with E-state index in [1.54, 1.807) is 32.4 Å². The van der Waals surface area contributed by atoms with Gasteiger partial charge >= 0.3 is 0 Å². The van der Waals surface area contributed by atoms with E-state index in [1.807, 2.05) is 24.3 Å². The number of aromatic amines is 1. The Morgan fingerprint density at radius 1 is 1.06 bits per heavy atom. The lowest BCUT2D eigenvalue weighted by molar-refractivity contribution is 0.0816. The minimum Gasteiger partial charge on any atom is -0.488 e. The van der Waals surface area contributed by atoms with Gasteiger partial charge in [-0.25, -0.2) is 18.7 Å². The van der Waals surface area contributed by atoms with Crippen LogP contribution in [0.4, 0.5) is 8.78 Å². The maximum atomic E-state index is 12.4. The topological polar surface area (TPSA) is 84.0 Å². The van der Waals surface area contributed by atoms with Crippen molar-refractivity contribution in [1.82, 2.24) is 24.8 Å². The molecule has 9 heteroatoms. The van der Waals surface area contributed by atoms with E-state index >= 15 is 0 Å². The number of benzene rings is 1. The Morgan fingerprint density at radius 2 is 1.88 bits per heavy atom. The molecule has 4 aromatic rings. The molecule has 0 unspecified atom stereocenters. The van der Waals surface area contributed by atoms with Crippen molar-refractivity contribution in [2.24, 2.45) is 0 Å². The summed E-state index contributed by atoms with van der Waals surface area (Å²) in [6.45, 7) is -0.679. The third kappa shape index (κ3) is 4.88. The van der Waals surface area contributed by atoms with Crippen molar-refractivity contribution in [2.75, 3.05) is 20.7 Å². The third-order valence-electron chi connectivity index (χ3n) is 4.76. The van der Waals surface area contributed by atoms with Gasteiger partial charge < -0.3 is 14.6 Å². The van der Waals surface area contributed by atoms with Crippen LogP contribution in [0, 0.1) is 0 Å². The summed E-state index contributed by atoms with van der Waals surface area (Å²) in [7, 11) is 3.41. The van der Waals surface area contributed by atoms with Crippen LogP contribution in [0.15, 0.2) is 54.9 Å². The number of halogens is 2.